The second kappa shape index (κ2) is 11.1. The van der Waals surface area contributed by atoms with Gasteiger partial charge in [-0.15, -0.1) is 0 Å². The molecule has 8 nitrogen and oxygen atoms in total. The van der Waals surface area contributed by atoms with E-state index >= 15 is 0 Å². The van der Waals surface area contributed by atoms with Crippen molar-refractivity contribution in [3.63, 3.8) is 0 Å². The Hall–Kier alpha value is -2.63. The Labute approximate surface area is 234 Å². The van der Waals surface area contributed by atoms with Gasteiger partial charge in [-0.3, -0.25) is 4.79 Å². The van der Waals surface area contributed by atoms with Crippen molar-refractivity contribution in [2.45, 2.75) is 38.9 Å². The second-order valence-electron chi connectivity index (χ2n) is 10.4. The van der Waals surface area contributed by atoms with Gasteiger partial charge >= 0.3 is 6.18 Å². The summed E-state index contributed by atoms with van der Waals surface area (Å²) >= 11 is 12.4. The Morgan fingerprint density at radius 1 is 1.21 bits per heavy atom. The highest BCUT2D eigenvalue weighted by Gasteiger charge is 2.40. The average Bonchev–Trinajstić information content (AvgIpc) is 3.22. The molecule has 0 aliphatic carbocycles. The van der Waals surface area contributed by atoms with E-state index in [0.717, 1.165) is 45.6 Å². The minimum absolute atomic E-state index is 0.0226. The van der Waals surface area contributed by atoms with Gasteiger partial charge in [-0.05, 0) is 55.8 Å². The molecule has 2 fully saturated rings. The van der Waals surface area contributed by atoms with Crippen molar-refractivity contribution in [2.75, 3.05) is 44.2 Å². The van der Waals surface area contributed by atoms with Crippen LogP contribution in [0.15, 0.2) is 24.4 Å². The lowest BCUT2D eigenvalue weighted by atomic mass is 9.80. The first-order valence-electron chi connectivity index (χ1n) is 13.0. The summed E-state index contributed by atoms with van der Waals surface area (Å²) in [6.07, 6.45) is -1.03. The van der Waals surface area contributed by atoms with Crippen LogP contribution in [0.5, 0.6) is 0 Å². The predicted octanol–water partition coefficient (Wildman–Crippen LogP) is 5.05. The molecule has 0 bridgehead atoms. The van der Waals surface area contributed by atoms with Crippen molar-refractivity contribution in [3.05, 3.63) is 45.7 Å². The highest BCUT2D eigenvalue weighted by atomic mass is 35.5. The van der Waals surface area contributed by atoms with Gasteiger partial charge in [0.1, 0.15) is 11.3 Å². The Bertz CT molecular complexity index is 1360. The van der Waals surface area contributed by atoms with Crippen molar-refractivity contribution in [3.8, 4) is 0 Å². The van der Waals surface area contributed by atoms with Crippen LogP contribution in [-0.4, -0.2) is 69.8 Å². The molecule has 1 aromatic carbocycles. The predicted molar refractivity (Wildman–Crippen MR) is 144 cm³/mol. The van der Waals surface area contributed by atoms with E-state index in [4.69, 9.17) is 23.2 Å². The highest BCUT2D eigenvalue weighted by Crippen LogP contribution is 2.38. The number of halogens is 5. The maximum absolute atomic E-state index is 13.8. The van der Waals surface area contributed by atoms with Crippen LogP contribution in [-0.2, 0) is 11.0 Å². The van der Waals surface area contributed by atoms with E-state index in [1.54, 1.807) is 25.1 Å². The molecule has 2 saturated heterocycles. The third-order valence-corrected chi connectivity index (χ3v) is 8.25. The number of amides is 1. The number of carbonyl (C=O) groups is 1. The van der Waals surface area contributed by atoms with Crippen LogP contribution < -0.4 is 10.2 Å². The molecule has 2 aromatic heterocycles. The summed E-state index contributed by atoms with van der Waals surface area (Å²) in [6, 6.07) is 4.23. The van der Waals surface area contributed by atoms with Crippen molar-refractivity contribution in [1.29, 1.82) is 0 Å². The zero-order valence-electron chi connectivity index (χ0n) is 21.7. The Balaban J connectivity index is 1.34. The van der Waals surface area contributed by atoms with E-state index in [9.17, 15) is 18.0 Å². The highest BCUT2D eigenvalue weighted by molar-refractivity contribution is 6.35. The lowest BCUT2D eigenvalue weighted by Crippen LogP contribution is -2.54. The van der Waals surface area contributed by atoms with Gasteiger partial charge in [-0.1, -0.05) is 29.3 Å². The summed E-state index contributed by atoms with van der Waals surface area (Å²) in [4.78, 5) is 24.4. The number of rotatable bonds is 7. The Morgan fingerprint density at radius 3 is 2.67 bits per heavy atom. The molecule has 1 N–H and O–H groups in total. The first-order valence-corrected chi connectivity index (χ1v) is 13.8. The smallest absolute Gasteiger partial charge is 0.355 e. The molecule has 13 heteroatoms. The van der Waals surface area contributed by atoms with Crippen LogP contribution >= 0.6 is 23.2 Å². The van der Waals surface area contributed by atoms with Gasteiger partial charge in [0.2, 0.25) is 5.91 Å². The van der Waals surface area contributed by atoms with Gasteiger partial charge in [-0.2, -0.15) is 18.3 Å². The molecule has 2 aliphatic heterocycles. The number of likely N-dealkylation sites (tertiary alicyclic amines) is 1. The molecule has 2 atom stereocenters. The third kappa shape index (κ3) is 5.95. The molecule has 39 heavy (non-hydrogen) atoms. The third-order valence-electron chi connectivity index (χ3n) is 7.68. The van der Waals surface area contributed by atoms with Crippen LogP contribution in [0.4, 0.5) is 19.0 Å². The number of hydrogen-bond acceptors (Lipinski definition) is 6. The Kier molecular flexibility index (Phi) is 7.94. The van der Waals surface area contributed by atoms with Crippen molar-refractivity contribution >= 4 is 46.1 Å². The molecule has 0 spiro atoms. The zero-order chi connectivity index (χ0) is 27.9. The number of hydrogen-bond donors (Lipinski definition) is 1. The van der Waals surface area contributed by atoms with Gasteiger partial charge in [0.25, 0.3) is 0 Å². The van der Waals surface area contributed by atoms with Gasteiger partial charge in [0.15, 0.2) is 11.3 Å². The standard InChI is InChI=1S/C26H30Cl2F3N7O/c1-15(20-6-5-19(27)10-21(20)28)38-25-23(24(35-38)26(29,30)31)33-11-22(34-25)37-13-18(14-37)17-4-3-8-36(12-17)9-7-32-16(2)39/h5-6,10-11,15,17-18H,3-4,7-9,12-14H2,1-2H3,(H,32,39)/t15-,17+/m1/s1. The van der Waals surface area contributed by atoms with Gasteiger partial charge in [0, 0.05) is 49.7 Å². The van der Waals surface area contributed by atoms with Crippen molar-refractivity contribution in [1.82, 2.24) is 30.0 Å². The molecule has 2 aliphatic rings. The summed E-state index contributed by atoms with van der Waals surface area (Å²) < 4.78 is 42.8. The maximum Gasteiger partial charge on any atom is 0.437 e. The minimum atomic E-state index is -4.68. The van der Waals surface area contributed by atoms with E-state index in [1.807, 2.05) is 0 Å². The molecule has 3 aromatic rings. The number of fused-ring (bicyclic) bond motifs is 1. The average molecular weight is 584 g/mol. The number of anilines is 1. The van der Waals surface area contributed by atoms with Crippen LogP contribution in [0.25, 0.3) is 11.2 Å². The molecule has 0 radical (unpaired) electrons. The fraction of sp³-hybridized carbons (Fsp3) is 0.538. The quantitative estimate of drug-likeness (QED) is 0.419. The van der Waals surface area contributed by atoms with E-state index in [0.29, 0.717) is 39.8 Å². The van der Waals surface area contributed by atoms with E-state index in [-0.39, 0.29) is 17.1 Å². The fourth-order valence-electron chi connectivity index (χ4n) is 5.55. The first kappa shape index (κ1) is 27.9. The van der Waals surface area contributed by atoms with E-state index < -0.39 is 17.9 Å². The normalized spacial score (nSPS) is 19.8. The summed E-state index contributed by atoms with van der Waals surface area (Å²) in [6.45, 7) is 8.24. The van der Waals surface area contributed by atoms with Crippen molar-refractivity contribution < 1.29 is 18.0 Å². The second-order valence-corrected chi connectivity index (χ2v) is 11.2. The molecule has 0 saturated carbocycles. The van der Waals surface area contributed by atoms with Crippen molar-refractivity contribution in [2.24, 2.45) is 11.8 Å². The fourth-order valence-corrected chi connectivity index (χ4v) is 6.12. The molecular weight excluding hydrogens is 554 g/mol. The van der Waals surface area contributed by atoms with Gasteiger partial charge < -0.3 is 15.1 Å². The lowest BCUT2D eigenvalue weighted by Gasteiger charge is -2.47. The monoisotopic (exact) mass is 583 g/mol. The Morgan fingerprint density at radius 2 is 1.97 bits per heavy atom. The summed E-state index contributed by atoms with van der Waals surface area (Å²) in [7, 11) is 0. The van der Waals surface area contributed by atoms with Crippen LogP contribution in [0, 0.1) is 11.8 Å². The number of piperidine rings is 1. The molecule has 0 unspecified atom stereocenters. The largest absolute Gasteiger partial charge is 0.437 e. The van der Waals surface area contributed by atoms with Crippen LogP contribution in [0.3, 0.4) is 0 Å². The molecule has 4 heterocycles. The number of carbonyl (C=O) groups excluding carboxylic acids is 1. The number of nitrogens with one attached hydrogen (secondary N) is 1. The van der Waals surface area contributed by atoms with Gasteiger partial charge in [0.05, 0.1) is 12.2 Å². The number of benzene rings is 1. The van der Waals surface area contributed by atoms with Crippen LogP contribution in [0.1, 0.15) is 44.0 Å². The zero-order valence-corrected chi connectivity index (χ0v) is 23.2. The van der Waals surface area contributed by atoms with Crippen LogP contribution in [0.2, 0.25) is 10.0 Å². The summed E-state index contributed by atoms with van der Waals surface area (Å²) in [5.41, 5.74) is -0.724. The minimum Gasteiger partial charge on any atom is -0.355 e. The SMILES string of the molecule is CC(=O)NCCN1CCC[C@H](C2CN(c3cnc4c(C(F)(F)F)nn([C@H](C)c5ccc(Cl)cc5Cl)c4n3)C2)C1. The topological polar surface area (TPSA) is 79.2 Å². The molecule has 1 amide bonds. The van der Waals surface area contributed by atoms with E-state index in [1.165, 1.54) is 17.8 Å². The number of nitrogens with zero attached hydrogens (tertiary/aromatic N) is 6. The maximum atomic E-state index is 13.8. The summed E-state index contributed by atoms with van der Waals surface area (Å²) in [5, 5.41) is 7.52. The molecule has 210 valence electrons. The first-order chi connectivity index (χ1) is 18.5. The van der Waals surface area contributed by atoms with Gasteiger partial charge in [-0.25, -0.2) is 14.6 Å². The van der Waals surface area contributed by atoms with E-state index in [2.05, 4.69) is 30.2 Å². The lowest BCUT2D eigenvalue weighted by molar-refractivity contribution is -0.140. The molecular formula is C26H30Cl2F3N7O. The summed E-state index contributed by atoms with van der Waals surface area (Å²) in [5.74, 6) is 1.50. The molecule has 5 rings (SSSR count). The number of alkyl halides is 3. The number of aromatic nitrogens is 4.